The fourth-order valence-corrected chi connectivity index (χ4v) is 3.95. The van der Waals surface area contributed by atoms with E-state index in [1.54, 1.807) is 61.4 Å². The molecule has 1 atom stereocenters. The number of rotatable bonds is 5. The molecule has 3 heterocycles. The fraction of sp³-hybridized carbons (Fsp3) is 0.120. The molecule has 2 aromatic carbocycles. The highest BCUT2D eigenvalue weighted by Gasteiger charge is 2.36. The molecule has 0 radical (unpaired) electrons. The first-order chi connectivity index (χ1) is 16.5. The standard InChI is InChI=1S/C25H21FN6O2/c1-15-21(24(33)29-17-8-6-12-27-14-17)22(19-10-3-4-11-20(19)26)32-25(28-15)30-23(31-32)16-7-5-9-18(13-16)34-2/h3-14,22H,1-2H3,(H,29,33)(H,28,30,31). The van der Waals surface area contributed by atoms with E-state index >= 15 is 4.39 Å². The van der Waals surface area contributed by atoms with Crippen LogP contribution in [0.5, 0.6) is 5.75 Å². The molecular weight excluding hydrogens is 435 g/mol. The Morgan fingerprint density at radius 1 is 1.15 bits per heavy atom. The highest BCUT2D eigenvalue weighted by atomic mass is 19.1. The van der Waals surface area contributed by atoms with Gasteiger partial charge in [-0.1, -0.05) is 30.3 Å². The third kappa shape index (κ3) is 3.88. The number of aromatic nitrogens is 4. The molecule has 0 bridgehead atoms. The minimum absolute atomic E-state index is 0.308. The van der Waals surface area contributed by atoms with Crippen LogP contribution in [-0.2, 0) is 4.79 Å². The van der Waals surface area contributed by atoms with Gasteiger partial charge in [0.05, 0.1) is 24.6 Å². The third-order valence-electron chi connectivity index (χ3n) is 5.54. The number of hydrogen-bond acceptors (Lipinski definition) is 6. The Balaban J connectivity index is 1.62. The van der Waals surface area contributed by atoms with Crippen LogP contribution in [-0.4, -0.2) is 32.8 Å². The number of pyridine rings is 1. The number of fused-ring (bicyclic) bond motifs is 1. The molecule has 2 aromatic heterocycles. The molecule has 0 spiro atoms. The lowest BCUT2D eigenvalue weighted by molar-refractivity contribution is -0.113. The zero-order valence-corrected chi connectivity index (χ0v) is 18.5. The van der Waals surface area contributed by atoms with E-state index in [1.807, 2.05) is 24.3 Å². The summed E-state index contributed by atoms with van der Waals surface area (Å²) in [6.45, 7) is 1.76. The second kappa shape index (κ2) is 8.78. The van der Waals surface area contributed by atoms with Crippen LogP contribution in [0.15, 0.2) is 84.3 Å². The summed E-state index contributed by atoms with van der Waals surface area (Å²) in [6.07, 6.45) is 3.16. The first-order valence-electron chi connectivity index (χ1n) is 10.6. The van der Waals surface area contributed by atoms with Crippen LogP contribution < -0.4 is 15.4 Å². The molecule has 1 aliphatic rings. The number of hydrogen-bond donors (Lipinski definition) is 2. The molecule has 170 valence electrons. The first kappa shape index (κ1) is 21.3. The fourth-order valence-electron chi connectivity index (χ4n) is 3.95. The van der Waals surface area contributed by atoms with E-state index in [0.717, 1.165) is 5.56 Å². The normalized spacial score (nSPS) is 14.9. The average molecular weight is 456 g/mol. The van der Waals surface area contributed by atoms with E-state index in [2.05, 4.69) is 25.7 Å². The maximum absolute atomic E-state index is 15.0. The quantitative estimate of drug-likeness (QED) is 0.462. The van der Waals surface area contributed by atoms with Crippen molar-refractivity contribution in [3.8, 4) is 17.1 Å². The topological polar surface area (TPSA) is 94.0 Å². The molecule has 1 amide bonds. The summed E-state index contributed by atoms with van der Waals surface area (Å²) in [5.74, 6) is 0.647. The highest BCUT2D eigenvalue weighted by molar-refractivity contribution is 6.05. The number of allylic oxidation sites excluding steroid dienone is 1. The van der Waals surface area contributed by atoms with Gasteiger partial charge in [0.2, 0.25) is 5.95 Å². The Morgan fingerprint density at radius 3 is 2.76 bits per heavy atom. The summed E-state index contributed by atoms with van der Waals surface area (Å²) in [5, 5.41) is 10.7. The summed E-state index contributed by atoms with van der Waals surface area (Å²) >= 11 is 0. The van der Waals surface area contributed by atoms with Crippen molar-refractivity contribution in [2.75, 3.05) is 17.7 Å². The molecule has 0 saturated carbocycles. The summed E-state index contributed by atoms with van der Waals surface area (Å²) in [7, 11) is 1.58. The van der Waals surface area contributed by atoms with E-state index in [4.69, 9.17) is 4.74 Å². The Labute approximate surface area is 195 Å². The molecule has 4 aromatic rings. The second-order valence-electron chi connectivity index (χ2n) is 7.72. The van der Waals surface area contributed by atoms with Gasteiger partial charge < -0.3 is 15.4 Å². The molecule has 1 unspecified atom stereocenters. The summed E-state index contributed by atoms with van der Waals surface area (Å²) in [4.78, 5) is 22.1. The Morgan fingerprint density at radius 2 is 2.00 bits per heavy atom. The second-order valence-corrected chi connectivity index (χ2v) is 7.72. The predicted molar refractivity (Wildman–Crippen MR) is 126 cm³/mol. The number of nitrogens with zero attached hydrogens (tertiary/aromatic N) is 4. The van der Waals surface area contributed by atoms with Crippen molar-refractivity contribution in [1.82, 2.24) is 19.7 Å². The molecule has 34 heavy (non-hydrogen) atoms. The number of carbonyl (C=O) groups excluding carboxylic acids is 1. The number of benzene rings is 2. The Hall–Kier alpha value is -4.53. The Bertz CT molecular complexity index is 1400. The summed E-state index contributed by atoms with van der Waals surface area (Å²) in [5.41, 5.74) is 2.44. The van der Waals surface area contributed by atoms with Crippen molar-refractivity contribution >= 4 is 17.5 Å². The summed E-state index contributed by atoms with van der Waals surface area (Å²) < 4.78 is 21.9. The van der Waals surface area contributed by atoms with E-state index < -0.39 is 17.8 Å². The molecule has 9 heteroatoms. The maximum atomic E-state index is 15.0. The SMILES string of the molecule is COc1cccc(-c2nc3n(n2)C(c2ccccc2F)C(C(=O)Nc2cccnc2)=C(C)N3)c1. The number of halogens is 1. The van der Waals surface area contributed by atoms with Crippen LogP contribution in [0.25, 0.3) is 11.4 Å². The smallest absolute Gasteiger partial charge is 0.255 e. The minimum Gasteiger partial charge on any atom is -0.497 e. The van der Waals surface area contributed by atoms with Crippen LogP contribution in [0.3, 0.4) is 0 Å². The number of amides is 1. The molecule has 8 nitrogen and oxygen atoms in total. The highest BCUT2D eigenvalue weighted by Crippen LogP contribution is 2.38. The lowest BCUT2D eigenvalue weighted by Crippen LogP contribution is -2.32. The van der Waals surface area contributed by atoms with Crippen molar-refractivity contribution < 1.29 is 13.9 Å². The number of anilines is 2. The van der Waals surface area contributed by atoms with Gasteiger partial charge in [0.15, 0.2) is 5.82 Å². The van der Waals surface area contributed by atoms with E-state index in [1.165, 1.54) is 6.07 Å². The molecule has 0 aliphatic carbocycles. The van der Waals surface area contributed by atoms with Crippen LogP contribution >= 0.6 is 0 Å². The van der Waals surface area contributed by atoms with Crippen LogP contribution in [0.2, 0.25) is 0 Å². The van der Waals surface area contributed by atoms with Gasteiger partial charge in [0.1, 0.15) is 17.6 Å². The molecule has 1 aliphatic heterocycles. The van der Waals surface area contributed by atoms with E-state index in [9.17, 15) is 4.79 Å². The zero-order chi connectivity index (χ0) is 23.7. The summed E-state index contributed by atoms with van der Waals surface area (Å²) in [6, 6.07) is 16.3. The van der Waals surface area contributed by atoms with Gasteiger partial charge in [-0.2, -0.15) is 4.98 Å². The van der Waals surface area contributed by atoms with Gasteiger partial charge in [-0.05, 0) is 37.3 Å². The van der Waals surface area contributed by atoms with Crippen molar-refractivity contribution in [3.05, 3.63) is 95.7 Å². The van der Waals surface area contributed by atoms with Gasteiger partial charge in [-0.25, -0.2) is 9.07 Å². The average Bonchev–Trinajstić information content (AvgIpc) is 3.28. The van der Waals surface area contributed by atoms with E-state index in [0.29, 0.717) is 40.0 Å². The zero-order valence-electron chi connectivity index (χ0n) is 18.5. The molecule has 5 rings (SSSR count). The van der Waals surface area contributed by atoms with Gasteiger partial charge in [-0.3, -0.25) is 9.78 Å². The number of ether oxygens (including phenoxy) is 1. The monoisotopic (exact) mass is 456 g/mol. The van der Waals surface area contributed by atoms with Crippen molar-refractivity contribution in [2.45, 2.75) is 13.0 Å². The number of methoxy groups -OCH3 is 1. The molecule has 2 N–H and O–H groups in total. The largest absolute Gasteiger partial charge is 0.497 e. The maximum Gasteiger partial charge on any atom is 0.255 e. The van der Waals surface area contributed by atoms with Crippen molar-refractivity contribution in [2.24, 2.45) is 0 Å². The van der Waals surface area contributed by atoms with Crippen LogP contribution in [0.1, 0.15) is 18.5 Å². The lowest BCUT2D eigenvalue weighted by Gasteiger charge is -2.28. The van der Waals surface area contributed by atoms with Crippen LogP contribution in [0, 0.1) is 5.82 Å². The van der Waals surface area contributed by atoms with Crippen molar-refractivity contribution in [3.63, 3.8) is 0 Å². The van der Waals surface area contributed by atoms with E-state index in [-0.39, 0.29) is 0 Å². The third-order valence-corrected chi connectivity index (χ3v) is 5.54. The first-order valence-corrected chi connectivity index (χ1v) is 10.6. The van der Waals surface area contributed by atoms with Gasteiger partial charge >= 0.3 is 0 Å². The molecule has 0 saturated heterocycles. The van der Waals surface area contributed by atoms with Gasteiger partial charge in [0.25, 0.3) is 5.91 Å². The molecule has 0 fully saturated rings. The number of carbonyl (C=O) groups is 1. The predicted octanol–water partition coefficient (Wildman–Crippen LogP) is 4.42. The lowest BCUT2D eigenvalue weighted by atomic mass is 9.94. The Kier molecular flexibility index (Phi) is 5.51. The number of nitrogens with one attached hydrogen (secondary N) is 2. The van der Waals surface area contributed by atoms with Gasteiger partial charge in [0, 0.05) is 23.0 Å². The van der Waals surface area contributed by atoms with Crippen molar-refractivity contribution in [1.29, 1.82) is 0 Å². The van der Waals surface area contributed by atoms with Crippen LogP contribution in [0.4, 0.5) is 16.0 Å². The minimum atomic E-state index is -0.832. The molecular formula is C25H21FN6O2. The van der Waals surface area contributed by atoms with Gasteiger partial charge in [-0.15, -0.1) is 5.10 Å².